The average Bonchev–Trinajstić information content (AvgIpc) is 2.39. The van der Waals surface area contributed by atoms with E-state index in [1.165, 1.54) is 0 Å². The van der Waals surface area contributed by atoms with Gasteiger partial charge in [0.1, 0.15) is 5.41 Å². The molecule has 0 radical (unpaired) electrons. The Balaban J connectivity index is 2.03. The van der Waals surface area contributed by atoms with Gasteiger partial charge in [0.25, 0.3) is 0 Å². The molecule has 0 bridgehead atoms. The Morgan fingerprint density at radius 3 is 2.33 bits per heavy atom. The quantitative estimate of drug-likeness (QED) is 0.816. The van der Waals surface area contributed by atoms with Gasteiger partial charge in [-0.25, -0.2) is 0 Å². The molecule has 18 heavy (non-hydrogen) atoms. The van der Waals surface area contributed by atoms with E-state index in [4.69, 9.17) is 4.74 Å². The molecule has 1 heterocycles. The minimum absolute atomic E-state index is 0.0610. The molecule has 0 aromatic heterocycles. The van der Waals surface area contributed by atoms with Crippen LogP contribution in [-0.2, 0) is 9.53 Å². The molecule has 1 aliphatic carbocycles. The molecule has 4 nitrogen and oxygen atoms in total. The summed E-state index contributed by atoms with van der Waals surface area (Å²) in [6.45, 7) is 3.44. The van der Waals surface area contributed by atoms with Gasteiger partial charge in [0.05, 0.1) is 6.07 Å². The van der Waals surface area contributed by atoms with Gasteiger partial charge in [-0.1, -0.05) is 19.3 Å². The molecule has 0 spiro atoms. The molecule has 100 valence electrons. The first kappa shape index (κ1) is 13.4. The fraction of sp³-hybridized carbons (Fsp3) is 0.857. The Morgan fingerprint density at radius 2 is 1.78 bits per heavy atom. The van der Waals surface area contributed by atoms with E-state index in [0.717, 1.165) is 32.1 Å². The fourth-order valence-corrected chi connectivity index (χ4v) is 2.89. The summed E-state index contributed by atoms with van der Waals surface area (Å²) in [7, 11) is 0. The zero-order valence-electron chi connectivity index (χ0n) is 11.1. The van der Waals surface area contributed by atoms with Gasteiger partial charge >= 0.3 is 0 Å². The molecule has 0 aromatic rings. The maximum Gasteiger partial charge on any atom is 0.240 e. The van der Waals surface area contributed by atoms with Crippen LogP contribution >= 0.6 is 0 Å². The van der Waals surface area contributed by atoms with E-state index in [0.29, 0.717) is 26.1 Å². The minimum Gasteiger partial charge on any atom is -0.381 e. The fourth-order valence-electron chi connectivity index (χ4n) is 2.89. The number of rotatable bonds is 2. The van der Waals surface area contributed by atoms with Gasteiger partial charge in [-0.05, 0) is 32.6 Å². The predicted molar refractivity (Wildman–Crippen MR) is 67.7 cm³/mol. The molecule has 2 rings (SSSR count). The highest BCUT2D eigenvalue weighted by atomic mass is 16.5. The van der Waals surface area contributed by atoms with Crippen LogP contribution in [-0.4, -0.2) is 24.7 Å². The van der Waals surface area contributed by atoms with E-state index in [1.54, 1.807) is 0 Å². The first-order valence-corrected chi connectivity index (χ1v) is 6.92. The summed E-state index contributed by atoms with van der Waals surface area (Å²) >= 11 is 0. The zero-order valence-corrected chi connectivity index (χ0v) is 11.1. The van der Waals surface area contributed by atoms with Gasteiger partial charge in [-0.15, -0.1) is 0 Å². The van der Waals surface area contributed by atoms with Gasteiger partial charge in [0, 0.05) is 18.8 Å². The number of amides is 1. The van der Waals surface area contributed by atoms with Crippen molar-refractivity contribution in [3.05, 3.63) is 0 Å². The number of hydrogen-bond acceptors (Lipinski definition) is 3. The third-order valence-corrected chi connectivity index (χ3v) is 4.37. The smallest absolute Gasteiger partial charge is 0.240 e. The Morgan fingerprint density at radius 1 is 1.17 bits per heavy atom. The average molecular weight is 250 g/mol. The van der Waals surface area contributed by atoms with Gasteiger partial charge in [-0.2, -0.15) is 5.26 Å². The topological polar surface area (TPSA) is 62.1 Å². The highest BCUT2D eigenvalue weighted by molar-refractivity contribution is 5.86. The second kappa shape index (κ2) is 5.27. The third-order valence-electron chi connectivity index (χ3n) is 4.37. The van der Waals surface area contributed by atoms with Crippen LogP contribution in [0.3, 0.4) is 0 Å². The van der Waals surface area contributed by atoms with E-state index in [-0.39, 0.29) is 11.4 Å². The first-order valence-electron chi connectivity index (χ1n) is 6.92. The molecule has 0 atom stereocenters. The number of nitriles is 1. The Bertz CT molecular complexity index is 347. The largest absolute Gasteiger partial charge is 0.381 e. The van der Waals surface area contributed by atoms with Crippen molar-refractivity contribution >= 4 is 5.91 Å². The highest BCUT2D eigenvalue weighted by Crippen LogP contribution is 2.36. The van der Waals surface area contributed by atoms with Crippen molar-refractivity contribution in [2.75, 3.05) is 13.2 Å². The number of nitrogens with zero attached hydrogens (tertiary/aromatic N) is 1. The summed E-state index contributed by atoms with van der Waals surface area (Å²) in [5.74, 6) is -0.0610. The summed E-state index contributed by atoms with van der Waals surface area (Å²) in [6.07, 6.45) is 6.20. The Kier molecular flexibility index (Phi) is 3.91. The van der Waals surface area contributed by atoms with E-state index in [2.05, 4.69) is 18.3 Å². The molecule has 2 aliphatic rings. The lowest BCUT2D eigenvalue weighted by molar-refractivity contribution is -0.132. The second-order valence-corrected chi connectivity index (χ2v) is 5.88. The van der Waals surface area contributed by atoms with Gasteiger partial charge in [0.15, 0.2) is 0 Å². The van der Waals surface area contributed by atoms with Crippen LogP contribution in [0.5, 0.6) is 0 Å². The molecule has 2 fully saturated rings. The van der Waals surface area contributed by atoms with E-state index in [9.17, 15) is 10.1 Å². The van der Waals surface area contributed by atoms with Crippen molar-refractivity contribution in [2.24, 2.45) is 5.41 Å². The lowest BCUT2D eigenvalue weighted by Gasteiger charge is -2.38. The molecule has 4 heteroatoms. The van der Waals surface area contributed by atoms with Crippen molar-refractivity contribution in [2.45, 2.75) is 57.4 Å². The minimum atomic E-state index is -0.778. The van der Waals surface area contributed by atoms with Crippen LogP contribution in [0.25, 0.3) is 0 Å². The Hall–Kier alpha value is -1.08. The highest BCUT2D eigenvalue weighted by Gasteiger charge is 2.42. The SMILES string of the molecule is CC1(NC(=O)C2(C#N)CCCCC2)CCOCC1. The molecule has 1 aliphatic heterocycles. The van der Waals surface area contributed by atoms with Crippen molar-refractivity contribution in [3.63, 3.8) is 0 Å². The summed E-state index contributed by atoms with van der Waals surface area (Å²) in [4.78, 5) is 12.5. The molecule has 1 saturated carbocycles. The van der Waals surface area contributed by atoms with Gasteiger partial charge < -0.3 is 10.1 Å². The normalized spacial score (nSPS) is 26.0. The van der Waals surface area contributed by atoms with Crippen LogP contribution in [0.15, 0.2) is 0 Å². The monoisotopic (exact) mass is 250 g/mol. The summed E-state index contributed by atoms with van der Waals surface area (Å²) in [6, 6.07) is 2.28. The Labute approximate surface area is 109 Å². The predicted octanol–water partition coefficient (Wildman–Crippen LogP) is 2.15. The van der Waals surface area contributed by atoms with Crippen LogP contribution in [0.2, 0.25) is 0 Å². The number of ether oxygens (including phenoxy) is 1. The van der Waals surface area contributed by atoms with E-state index < -0.39 is 5.41 Å². The van der Waals surface area contributed by atoms with Crippen molar-refractivity contribution in [1.82, 2.24) is 5.32 Å². The second-order valence-electron chi connectivity index (χ2n) is 5.88. The van der Waals surface area contributed by atoms with Crippen LogP contribution in [0.1, 0.15) is 51.9 Å². The van der Waals surface area contributed by atoms with Crippen LogP contribution < -0.4 is 5.32 Å². The number of carbonyl (C=O) groups excluding carboxylic acids is 1. The van der Waals surface area contributed by atoms with E-state index >= 15 is 0 Å². The molecule has 0 aromatic carbocycles. The summed E-state index contributed by atoms with van der Waals surface area (Å²) in [5, 5.41) is 12.5. The molecule has 1 N–H and O–H groups in total. The number of nitrogens with one attached hydrogen (secondary N) is 1. The first-order chi connectivity index (χ1) is 8.60. The van der Waals surface area contributed by atoms with Crippen LogP contribution in [0, 0.1) is 16.7 Å². The standard InChI is InChI=1S/C14H22N2O2/c1-13(7-9-18-10-8-13)16-12(17)14(11-15)5-3-2-4-6-14/h2-10H2,1H3,(H,16,17). The zero-order chi connectivity index (χ0) is 13.1. The molecular formula is C14H22N2O2. The molecule has 0 unspecified atom stereocenters. The van der Waals surface area contributed by atoms with Gasteiger partial charge in [0.2, 0.25) is 5.91 Å². The van der Waals surface area contributed by atoms with Gasteiger partial charge in [-0.3, -0.25) is 4.79 Å². The lowest BCUT2D eigenvalue weighted by atomic mass is 9.74. The maximum atomic E-state index is 12.5. The molecule has 1 saturated heterocycles. The van der Waals surface area contributed by atoms with Crippen LogP contribution in [0.4, 0.5) is 0 Å². The molecular weight excluding hydrogens is 228 g/mol. The lowest BCUT2D eigenvalue weighted by Crippen LogP contribution is -2.54. The van der Waals surface area contributed by atoms with Crippen molar-refractivity contribution in [1.29, 1.82) is 5.26 Å². The summed E-state index contributed by atoms with van der Waals surface area (Å²) in [5.41, 5.74) is -0.976. The summed E-state index contributed by atoms with van der Waals surface area (Å²) < 4.78 is 5.33. The maximum absolute atomic E-state index is 12.5. The molecule has 1 amide bonds. The van der Waals surface area contributed by atoms with E-state index in [1.807, 2.05) is 0 Å². The number of hydrogen-bond donors (Lipinski definition) is 1. The third kappa shape index (κ3) is 2.67. The van der Waals surface area contributed by atoms with Crippen molar-refractivity contribution in [3.8, 4) is 6.07 Å². The van der Waals surface area contributed by atoms with Crippen molar-refractivity contribution < 1.29 is 9.53 Å². The number of carbonyl (C=O) groups is 1.